The molecule has 2 nitrogen and oxygen atoms in total. The smallest absolute Gasteiger partial charge is 0.0346 e. The number of hydrogen-bond acceptors (Lipinski definition) is 2. The Hall–Kier alpha value is -1.41. The van der Waals surface area contributed by atoms with Gasteiger partial charge in [-0.05, 0) is 29.5 Å². The van der Waals surface area contributed by atoms with Gasteiger partial charge in [-0.15, -0.1) is 0 Å². The predicted molar refractivity (Wildman–Crippen MR) is 54.4 cm³/mol. The van der Waals surface area contributed by atoms with E-state index >= 15 is 0 Å². The van der Waals surface area contributed by atoms with Crippen LogP contribution in [0.2, 0.25) is 0 Å². The molecule has 0 amide bonds. The predicted octanol–water partition coefficient (Wildman–Crippen LogP) is 2.00. The lowest BCUT2D eigenvalue weighted by Gasteiger charge is -2.06. The second-order valence-electron chi connectivity index (χ2n) is 3.16. The molecule has 0 atom stereocenters. The van der Waals surface area contributed by atoms with Gasteiger partial charge in [0.2, 0.25) is 0 Å². The maximum Gasteiger partial charge on any atom is 0.0346 e. The molecule has 0 spiro atoms. The van der Waals surface area contributed by atoms with E-state index < -0.39 is 0 Å². The summed E-state index contributed by atoms with van der Waals surface area (Å²) in [5, 5.41) is 2.38. The van der Waals surface area contributed by atoms with Gasteiger partial charge < -0.3 is 5.73 Å². The number of benzene rings is 1. The monoisotopic (exact) mass is 172 g/mol. The zero-order valence-electron chi connectivity index (χ0n) is 7.62. The van der Waals surface area contributed by atoms with Crippen molar-refractivity contribution in [2.24, 2.45) is 5.73 Å². The Labute approximate surface area is 77.4 Å². The number of hydrogen-bond donors (Lipinski definition) is 1. The van der Waals surface area contributed by atoms with Crippen molar-refractivity contribution in [2.45, 2.75) is 13.5 Å². The Bertz CT molecular complexity index is 435. The molecule has 2 rings (SSSR count). The van der Waals surface area contributed by atoms with Crippen LogP contribution in [0.3, 0.4) is 0 Å². The average molecular weight is 172 g/mol. The van der Waals surface area contributed by atoms with Gasteiger partial charge in [-0.1, -0.05) is 12.1 Å². The third-order valence-corrected chi connectivity index (χ3v) is 2.37. The molecule has 0 saturated carbocycles. The third-order valence-electron chi connectivity index (χ3n) is 2.37. The van der Waals surface area contributed by atoms with Gasteiger partial charge in [-0.25, -0.2) is 0 Å². The summed E-state index contributed by atoms with van der Waals surface area (Å²) in [6.07, 6.45) is 3.68. The maximum atomic E-state index is 5.70. The molecule has 0 unspecified atom stereocenters. The number of fused-ring (bicyclic) bond motifs is 1. The molecule has 0 saturated heterocycles. The Kier molecular flexibility index (Phi) is 1.99. The largest absolute Gasteiger partial charge is 0.326 e. The van der Waals surface area contributed by atoms with Gasteiger partial charge >= 0.3 is 0 Å². The van der Waals surface area contributed by atoms with E-state index in [9.17, 15) is 0 Å². The van der Waals surface area contributed by atoms with Crippen molar-refractivity contribution in [3.05, 3.63) is 41.7 Å². The quantitative estimate of drug-likeness (QED) is 0.714. The van der Waals surface area contributed by atoms with Crippen molar-refractivity contribution in [3.63, 3.8) is 0 Å². The lowest BCUT2D eigenvalue weighted by atomic mass is 10.0. The summed E-state index contributed by atoms with van der Waals surface area (Å²) in [5.74, 6) is 0. The molecule has 0 fully saturated rings. The molecule has 2 heteroatoms. The fourth-order valence-electron chi connectivity index (χ4n) is 1.61. The van der Waals surface area contributed by atoms with Crippen LogP contribution in [0.15, 0.2) is 30.6 Å². The number of nitrogens with zero attached hydrogens (tertiary/aromatic N) is 1. The van der Waals surface area contributed by atoms with E-state index in [2.05, 4.69) is 24.0 Å². The third kappa shape index (κ3) is 1.29. The molecular formula is C11H12N2. The van der Waals surface area contributed by atoms with E-state index in [1.54, 1.807) is 6.20 Å². The van der Waals surface area contributed by atoms with Crippen LogP contribution < -0.4 is 5.73 Å². The molecule has 0 aliphatic heterocycles. The molecule has 1 aromatic carbocycles. The Morgan fingerprint density at radius 2 is 2.15 bits per heavy atom. The second kappa shape index (κ2) is 3.15. The average Bonchev–Trinajstić information content (AvgIpc) is 2.18. The zero-order chi connectivity index (χ0) is 9.26. The number of aromatic nitrogens is 1. The number of pyridine rings is 1. The maximum absolute atomic E-state index is 5.70. The minimum atomic E-state index is 0.590. The first-order valence-electron chi connectivity index (χ1n) is 4.35. The van der Waals surface area contributed by atoms with Crippen molar-refractivity contribution < 1.29 is 0 Å². The fraction of sp³-hybridized carbons (Fsp3) is 0.182. The number of rotatable bonds is 1. The summed E-state index contributed by atoms with van der Waals surface area (Å²) in [7, 11) is 0. The van der Waals surface area contributed by atoms with Gasteiger partial charge in [0.1, 0.15) is 0 Å². The molecule has 0 aliphatic rings. The van der Waals surface area contributed by atoms with Gasteiger partial charge in [-0.2, -0.15) is 0 Å². The minimum absolute atomic E-state index is 0.590. The van der Waals surface area contributed by atoms with E-state index in [-0.39, 0.29) is 0 Å². The van der Waals surface area contributed by atoms with Gasteiger partial charge in [0.25, 0.3) is 0 Å². The summed E-state index contributed by atoms with van der Waals surface area (Å²) >= 11 is 0. The van der Waals surface area contributed by atoms with Crippen LogP contribution in [0.4, 0.5) is 0 Å². The molecule has 0 radical (unpaired) electrons. The molecule has 66 valence electrons. The van der Waals surface area contributed by atoms with E-state index in [0.29, 0.717) is 6.54 Å². The van der Waals surface area contributed by atoms with Crippen LogP contribution in [0.1, 0.15) is 11.1 Å². The van der Waals surface area contributed by atoms with Crippen LogP contribution in [0.25, 0.3) is 10.8 Å². The van der Waals surface area contributed by atoms with Crippen molar-refractivity contribution in [3.8, 4) is 0 Å². The Morgan fingerprint density at radius 1 is 1.31 bits per heavy atom. The van der Waals surface area contributed by atoms with Crippen LogP contribution in [0.5, 0.6) is 0 Å². The van der Waals surface area contributed by atoms with Crippen LogP contribution >= 0.6 is 0 Å². The first-order valence-corrected chi connectivity index (χ1v) is 4.35. The molecule has 2 aromatic rings. The number of nitrogens with two attached hydrogens (primary N) is 1. The Balaban J connectivity index is 2.84. The van der Waals surface area contributed by atoms with Gasteiger partial charge in [0.05, 0.1) is 0 Å². The summed E-state index contributed by atoms with van der Waals surface area (Å²) in [5.41, 5.74) is 8.17. The highest BCUT2D eigenvalue weighted by molar-refractivity contribution is 5.85. The van der Waals surface area contributed by atoms with E-state index in [4.69, 9.17) is 5.73 Å². The summed E-state index contributed by atoms with van der Waals surface area (Å²) in [4.78, 5) is 4.08. The first kappa shape index (κ1) is 8.20. The molecule has 0 aliphatic carbocycles. The van der Waals surface area contributed by atoms with Crippen molar-refractivity contribution in [1.29, 1.82) is 0 Å². The molecule has 0 bridgehead atoms. The van der Waals surface area contributed by atoms with E-state index in [1.807, 2.05) is 12.3 Å². The van der Waals surface area contributed by atoms with Crippen LogP contribution in [-0.2, 0) is 6.54 Å². The SMILES string of the molecule is Cc1ccc2cnccc2c1CN. The van der Waals surface area contributed by atoms with E-state index in [0.717, 1.165) is 5.39 Å². The lowest BCUT2D eigenvalue weighted by molar-refractivity contribution is 1.06. The topological polar surface area (TPSA) is 38.9 Å². The van der Waals surface area contributed by atoms with Gasteiger partial charge in [-0.3, -0.25) is 4.98 Å². The summed E-state index contributed by atoms with van der Waals surface area (Å²) in [6.45, 7) is 2.68. The highest BCUT2D eigenvalue weighted by Gasteiger charge is 2.01. The van der Waals surface area contributed by atoms with Crippen LogP contribution in [0, 0.1) is 6.92 Å². The lowest BCUT2D eigenvalue weighted by Crippen LogP contribution is -2.00. The highest BCUT2D eigenvalue weighted by Crippen LogP contribution is 2.20. The molecule has 2 N–H and O–H groups in total. The standard InChI is InChI=1S/C11H12N2/c1-8-2-3-9-7-13-5-4-10(9)11(8)6-12/h2-5,7H,6,12H2,1H3. The summed E-state index contributed by atoms with van der Waals surface area (Å²) < 4.78 is 0. The highest BCUT2D eigenvalue weighted by atomic mass is 14.6. The normalized spacial score (nSPS) is 10.6. The van der Waals surface area contributed by atoms with E-state index in [1.165, 1.54) is 16.5 Å². The van der Waals surface area contributed by atoms with Gasteiger partial charge in [0, 0.05) is 24.3 Å². The summed E-state index contributed by atoms with van der Waals surface area (Å²) in [6, 6.07) is 6.19. The zero-order valence-corrected chi connectivity index (χ0v) is 7.62. The second-order valence-corrected chi connectivity index (χ2v) is 3.16. The minimum Gasteiger partial charge on any atom is -0.326 e. The van der Waals surface area contributed by atoms with Gasteiger partial charge in [0.15, 0.2) is 0 Å². The Morgan fingerprint density at radius 3 is 2.92 bits per heavy atom. The molecule has 1 aromatic heterocycles. The molecule has 1 heterocycles. The number of aryl methyl sites for hydroxylation is 1. The van der Waals surface area contributed by atoms with Crippen molar-refractivity contribution in [2.75, 3.05) is 0 Å². The van der Waals surface area contributed by atoms with Crippen molar-refractivity contribution in [1.82, 2.24) is 4.98 Å². The fourth-order valence-corrected chi connectivity index (χ4v) is 1.61. The first-order chi connectivity index (χ1) is 6.33. The molecular weight excluding hydrogens is 160 g/mol. The molecule has 13 heavy (non-hydrogen) atoms. The van der Waals surface area contributed by atoms with Crippen molar-refractivity contribution >= 4 is 10.8 Å². The van der Waals surface area contributed by atoms with Crippen LogP contribution in [-0.4, -0.2) is 4.98 Å².